The maximum absolute atomic E-state index is 15.6. The van der Waals surface area contributed by atoms with Crippen molar-refractivity contribution >= 4 is 34.5 Å². The van der Waals surface area contributed by atoms with Gasteiger partial charge in [0.15, 0.2) is 0 Å². The molecule has 4 N–H and O–H groups in total. The van der Waals surface area contributed by atoms with Gasteiger partial charge in [-0.25, -0.2) is 4.98 Å². The number of H-pyrrole nitrogens is 1. The topological polar surface area (TPSA) is 155 Å². The molecule has 2 saturated heterocycles. The highest BCUT2D eigenvalue weighted by atomic mass is 16.6. The maximum atomic E-state index is 15.6. The van der Waals surface area contributed by atoms with Crippen LogP contribution in [0.5, 0.6) is 11.5 Å². The Balaban J connectivity index is 1.21. The minimum atomic E-state index is -1.79. The van der Waals surface area contributed by atoms with Crippen molar-refractivity contribution in [1.82, 2.24) is 20.2 Å². The number of benzene rings is 6. The van der Waals surface area contributed by atoms with E-state index < -0.39 is 53.3 Å². The molecule has 0 unspecified atom stereocenters. The van der Waals surface area contributed by atoms with Crippen LogP contribution in [0.2, 0.25) is 0 Å². The van der Waals surface area contributed by atoms with E-state index in [-0.39, 0.29) is 19.8 Å². The van der Waals surface area contributed by atoms with Gasteiger partial charge in [-0.2, -0.15) is 0 Å². The average Bonchev–Trinajstić information content (AvgIpc) is 4.00. The van der Waals surface area contributed by atoms with Gasteiger partial charge < -0.3 is 34.9 Å². The lowest BCUT2D eigenvalue weighted by molar-refractivity contribution is -0.178. The monoisotopic (exact) mass is 849 g/mol. The lowest BCUT2D eigenvalue weighted by Gasteiger charge is -2.46. The molecule has 0 aliphatic carbocycles. The number of nitrogens with one attached hydrogen (secondary N) is 3. The number of imidazole rings is 1. The highest BCUT2D eigenvalue weighted by Crippen LogP contribution is 2.65. The predicted molar refractivity (Wildman–Crippen MR) is 239 cm³/mol. The molecule has 1 aromatic heterocycles. The molecular formula is C52H43N5O7. The normalized spacial score (nSPS) is 22.2. The quantitative estimate of drug-likeness (QED) is 0.0848. The minimum absolute atomic E-state index is 0.0146. The zero-order chi connectivity index (χ0) is 43.8. The number of esters is 1. The number of morpholine rings is 1. The zero-order valence-electron chi connectivity index (χ0n) is 34.7. The minimum Gasteiger partial charge on any atom is -0.497 e. The number of ether oxygens (including phenoxy) is 3. The third kappa shape index (κ3) is 6.91. The molecule has 12 nitrogen and oxygen atoms in total. The van der Waals surface area contributed by atoms with E-state index in [2.05, 4.69) is 27.5 Å². The Morgan fingerprint density at radius 1 is 0.828 bits per heavy atom. The van der Waals surface area contributed by atoms with E-state index >= 15 is 14.4 Å². The molecule has 3 aliphatic rings. The van der Waals surface area contributed by atoms with Crippen molar-refractivity contribution in [3.05, 3.63) is 191 Å². The van der Waals surface area contributed by atoms with E-state index in [0.717, 1.165) is 27.7 Å². The van der Waals surface area contributed by atoms with Gasteiger partial charge in [-0.3, -0.25) is 19.3 Å². The number of rotatable bonds is 10. The number of amides is 2. The van der Waals surface area contributed by atoms with Crippen LogP contribution in [-0.2, 0) is 31.1 Å². The molecule has 1 spiro atoms. The Morgan fingerprint density at radius 3 is 2.27 bits per heavy atom. The van der Waals surface area contributed by atoms with E-state index in [1.54, 1.807) is 19.2 Å². The summed E-state index contributed by atoms with van der Waals surface area (Å²) in [5.41, 5.74) is 4.17. The lowest BCUT2D eigenvalue weighted by Crippen LogP contribution is -2.54. The number of cyclic esters (lactones) is 1. The number of hydrogen-bond acceptors (Lipinski definition) is 9. The first-order valence-electron chi connectivity index (χ1n) is 21.1. The summed E-state index contributed by atoms with van der Waals surface area (Å²) in [7, 11) is 1.60. The highest BCUT2D eigenvalue weighted by Gasteiger charge is 2.74. The summed E-state index contributed by atoms with van der Waals surface area (Å²) in [6, 6.07) is 43.9. The van der Waals surface area contributed by atoms with Gasteiger partial charge in [-0.15, -0.1) is 0 Å². The molecule has 3 aliphatic heterocycles. The first-order chi connectivity index (χ1) is 31.4. The van der Waals surface area contributed by atoms with Crippen LogP contribution in [0.15, 0.2) is 152 Å². The summed E-state index contributed by atoms with van der Waals surface area (Å²) >= 11 is 0. The Hall–Kier alpha value is -7.72. The number of aliphatic hydroxyl groups excluding tert-OH is 1. The SMILES string of the molecule is COc1ccc(C#Cc2ccc3c(c2)[C@]2(C(=O)N3)[C@H](c3ccccc3OCCO)N3[C@H](c4ccccc4)[C@H](c4ccccc4)OC(=O)[C@H]3[C@@H]2C(=O)NCc2nc3ccccc3[nH]2)cc1. The van der Waals surface area contributed by atoms with E-state index in [0.29, 0.717) is 39.7 Å². The molecule has 0 bridgehead atoms. The number of carbonyl (C=O) groups excluding carboxylic acids is 3. The highest BCUT2D eigenvalue weighted by molar-refractivity contribution is 6.12. The number of aliphatic hydroxyl groups is 1. The molecule has 318 valence electrons. The molecular weight excluding hydrogens is 807 g/mol. The molecule has 12 heteroatoms. The molecule has 2 amide bonds. The third-order valence-corrected chi connectivity index (χ3v) is 12.5. The number of nitrogens with zero attached hydrogens (tertiary/aromatic N) is 2. The van der Waals surface area contributed by atoms with E-state index in [1.165, 1.54) is 0 Å². The Labute approximate surface area is 369 Å². The lowest BCUT2D eigenvalue weighted by atomic mass is 9.65. The summed E-state index contributed by atoms with van der Waals surface area (Å²) in [6.45, 7) is -0.316. The molecule has 6 atom stereocenters. The Morgan fingerprint density at radius 2 is 1.52 bits per heavy atom. The number of methoxy groups -OCH3 is 1. The van der Waals surface area contributed by atoms with E-state index in [9.17, 15) is 5.11 Å². The summed E-state index contributed by atoms with van der Waals surface area (Å²) in [5, 5.41) is 16.2. The van der Waals surface area contributed by atoms with Gasteiger partial charge >= 0.3 is 5.97 Å². The number of aromatic nitrogens is 2. The van der Waals surface area contributed by atoms with Crippen LogP contribution >= 0.6 is 0 Å². The van der Waals surface area contributed by atoms with Crippen LogP contribution in [0.25, 0.3) is 11.0 Å². The van der Waals surface area contributed by atoms with Crippen LogP contribution in [-0.4, -0.2) is 64.1 Å². The van der Waals surface area contributed by atoms with Crippen molar-refractivity contribution in [2.45, 2.75) is 36.2 Å². The van der Waals surface area contributed by atoms with Crippen LogP contribution < -0.4 is 20.1 Å². The largest absolute Gasteiger partial charge is 0.497 e. The molecule has 6 aromatic carbocycles. The maximum Gasteiger partial charge on any atom is 0.324 e. The molecule has 0 saturated carbocycles. The summed E-state index contributed by atoms with van der Waals surface area (Å²) in [5.74, 6) is 5.06. The van der Waals surface area contributed by atoms with Gasteiger partial charge in [-0.1, -0.05) is 103 Å². The smallest absolute Gasteiger partial charge is 0.324 e. The number of para-hydroxylation sites is 3. The number of fused-ring (bicyclic) bond motifs is 4. The molecule has 0 radical (unpaired) electrons. The van der Waals surface area contributed by atoms with Crippen LogP contribution in [0.3, 0.4) is 0 Å². The van der Waals surface area contributed by atoms with Crippen molar-refractivity contribution in [3.63, 3.8) is 0 Å². The number of anilines is 1. The fourth-order valence-electron chi connectivity index (χ4n) is 9.82. The summed E-state index contributed by atoms with van der Waals surface area (Å²) in [4.78, 5) is 56.4. The predicted octanol–water partition coefficient (Wildman–Crippen LogP) is 6.93. The zero-order valence-corrected chi connectivity index (χ0v) is 34.7. The number of carbonyl (C=O) groups is 3. The summed E-state index contributed by atoms with van der Waals surface area (Å²) in [6.07, 6.45) is -0.847. The van der Waals surface area contributed by atoms with Crippen LogP contribution in [0.1, 0.15) is 57.4 Å². The van der Waals surface area contributed by atoms with Gasteiger partial charge in [0.25, 0.3) is 0 Å². The second kappa shape index (κ2) is 16.9. The second-order valence-corrected chi connectivity index (χ2v) is 16.0. The average molecular weight is 850 g/mol. The van der Waals surface area contributed by atoms with Gasteiger partial charge in [0.05, 0.1) is 49.3 Å². The first kappa shape index (κ1) is 40.4. The number of aromatic amines is 1. The van der Waals surface area contributed by atoms with Crippen molar-refractivity contribution < 1.29 is 33.7 Å². The molecule has 4 heterocycles. The fraction of sp³-hybridized carbons (Fsp3) is 0.192. The van der Waals surface area contributed by atoms with Gasteiger partial charge in [0.1, 0.15) is 41.5 Å². The van der Waals surface area contributed by atoms with Crippen LogP contribution in [0.4, 0.5) is 5.69 Å². The van der Waals surface area contributed by atoms with Crippen molar-refractivity contribution in [3.8, 4) is 23.3 Å². The molecule has 10 rings (SSSR count). The molecule has 7 aromatic rings. The standard InChI is InChI=1S/C52H43N5O7/c1-62-36-25-22-32(23-26-36)20-21-33-24-27-39-38(30-33)52(51(61)56-39)44(49(59)53-31-43-54-40-17-9-10-18-41(40)55-43)46-50(60)64-47(35-14-6-3-7-15-35)45(34-12-4-2-5-13-34)57(46)48(52)37-16-8-11-19-42(37)63-29-28-58/h2-19,22-27,30,44-48,58H,28-29,31H2,1H3,(H,53,59)(H,54,55)(H,56,61)/t44-,45-,46-,47+,48+,52-/m1/s1. The Bertz CT molecular complexity index is 2910. The van der Waals surface area contributed by atoms with Crippen molar-refractivity contribution in [2.75, 3.05) is 25.6 Å². The van der Waals surface area contributed by atoms with Crippen LogP contribution in [0, 0.1) is 17.8 Å². The summed E-state index contributed by atoms with van der Waals surface area (Å²) < 4.78 is 18.2. The molecule has 64 heavy (non-hydrogen) atoms. The number of hydrogen-bond donors (Lipinski definition) is 4. The first-order valence-corrected chi connectivity index (χ1v) is 21.1. The van der Waals surface area contributed by atoms with Crippen molar-refractivity contribution in [2.24, 2.45) is 5.92 Å². The van der Waals surface area contributed by atoms with Gasteiger partial charge in [0.2, 0.25) is 11.8 Å². The second-order valence-electron chi connectivity index (χ2n) is 16.0. The third-order valence-electron chi connectivity index (χ3n) is 12.5. The van der Waals surface area contributed by atoms with Gasteiger partial charge in [0, 0.05) is 22.4 Å². The molecule has 2 fully saturated rings. The van der Waals surface area contributed by atoms with E-state index in [4.69, 9.17) is 19.2 Å². The fourth-order valence-corrected chi connectivity index (χ4v) is 9.82. The van der Waals surface area contributed by atoms with Gasteiger partial charge in [-0.05, 0) is 77.4 Å². The Kier molecular flexibility index (Phi) is 10.6. The van der Waals surface area contributed by atoms with E-state index in [1.807, 2.05) is 144 Å². The van der Waals surface area contributed by atoms with Crippen molar-refractivity contribution in [1.29, 1.82) is 0 Å².